The van der Waals surface area contributed by atoms with Crippen LogP contribution in [-0.4, -0.2) is 37.3 Å². The monoisotopic (exact) mass is 324 g/mol. The Labute approximate surface area is 139 Å². The van der Waals surface area contributed by atoms with Crippen molar-refractivity contribution in [2.45, 2.75) is 39.5 Å². The molecule has 0 aliphatic carbocycles. The number of hydrogen-bond acceptors (Lipinski definition) is 3. The molecule has 0 aliphatic heterocycles. The minimum atomic E-state index is 0.748. The molecule has 0 saturated carbocycles. The quantitative estimate of drug-likeness (QED) is 0.685. The van der Waals surface area contributed by atoms with Crippen LogP contribution in [0.1, 0.15) is 39.5 Å². The van der Waals surface area contributed by atoms with E-state index in [1.807, 2.05) is 18.2 Å². The normalized spacial score (nSPS) is 10.2. The second-order valence-electron chi connectivity index (χ2n) is 5.23. The molecule has 0 spiro atoms. The summed E-state index contributed by atoms with van der Waals surface area (Å²) in [7, 11) is 3.29. The minimum absolute atomic E-state index is 0.748. The standard InChI is InChI=1S/C17H28N2O2S/c1-5-7-9-19(10-8-6-2)17(22)18-14-11-15(20-3)13-16(12-14)21-4/h11-13H,5-10H2,1-4H3,(H,18,22). The van der Waals surface area contributed by atoms with E-state index >= 15 is 0 Å². The molecule has 0 amide bonds. The molecule has 0 fully saturated rings. The topological polar surface area (TPSA) is 33.7 Å². The van der Waals surface area contributed by atoms with Crippen molar-refractivity contribution in [1.82, 2.24) is 4.90 Å². The Morgan fingerprint density at radius 1 is 1.00 bits per heavy atom. The summed E-state index contributed by atoms with van der Waals surface area (Å²) in [4.78, 5) is 2.24. The fraction of sp³-hybridized carbons (Fsp3) is 0.588. The van der Waals surface area contributed by atoms with E-state index in [2.05, 4.69) is 24.1 Å². The summed E-state index contributed by atoms with van der Waals surface area (Å²) in [6.07, 6.45) is 4.62. The van der Waals surface area contributed by atoms with Crippen molar-refractivity contribution in [2.24, 2.45) is 0 Å². The third-order valence-corrected chi connectivity index (χ3v) is 3.81. The first kappa shape index (κ1) is 18.6. The molecule has 1 rings (SSSR count). The van der Waals surface area contributed by atoms with E-state index in [1.165, 1.54) is 0 Å². The highest BCUT2D eigenvalue weighted by atomic mass is 32.1. The first-order valence-electron chi connectivity index (χ1n) is 7.93. The Kier molecular flexibility index (Phi) is 8.67. The van der Waals surface area contributed by atoms with Crippen molar-refractivity contribution in [3.05, 3.63) is 18.2 Å². The van der Waals surface area contributed by atoms with Crippen molar-refractivity contribution in [2.75, 3.05) is 32.6 Å². The van der Waals surface area contributed by atoms with Crippen LogP contribution >= 0.6 is 12.2 Å². The van der Waals surface area contributed by atoms with E-state index in [0.29, 0.717) is 0 Å². The summed E-state index contributed by atoms with van der Waals surface area (Å²) in [6.45, 7) is 6.37. The van der Waals surface area contributed by atoms with Crippen LogP contribution in [-0.2, 0) is 0 Å². The number of methoxy groups -OCH3 is 2. The van der Waals surface area contributed by atoms with E-state index in [1.54, 1.807) is 14.2 Å². The summed E-state index contributed by atoms with van der Waals surface area (Å²) in [6, 6.07) is 5.69. The molecule has 0 bridgehead atoms. The third kappa shape index (κ3) is 6.10. The Bertz CT molecular complexity index is 436. The van der Waals surface area contributed by atoms with Crippen molar-refractivity contribution in [1.29, 1.82) is 0 Å². The molecule has 4 nitrogen and oxygen atoms in total. The van der Waals surface area contributed by atoms with E-state index in [-0.39, 0.29) is 0 Å². The van der Waals surface area contributed by atoms with Gasteiger partial charge in [0, 0.05) is 37.0 Å². The molecular formula is C17H28N2O2S. The number of nitrogens with zero attached hydrogens (tertiary/aromatic N) is 1. The van der Waals surface area contributed by atoms with Crippen molar-refractivity contribution in [3.8, 4) is 11.5 Å². The Hall–Kier alpha value is -1.49. The smallest absolute Gasteiger partial charge is 0.173 e. The molecule has 0 heterocycles. The molecule has 1 aromatic carbocycles. The maximum Gasteiger partial charge on any atom is 0.173 e. The lowest BCUT2D eigenvalue weighted by Gasteiger charge is -2.26. The van der Waals surface area contributed by atoms with Gasteiger partial charge in [-0.15, -0.1) is 0 Å². The summed E-state index contributed by atoms with van der Waals surface area (Å²) in [5, 5.41) is 4.07. The van der Waals surface area contributed by atoms with Crippen LogP contribution in [0, 0.1) is 0 Å². The van der Waals surface area contributed by atoms with Crippen LogP contribution in [0.3, 0.4) is 0 Å². The predicted molar refractivity (Wildman–Crippen MR) is 97.2 cm³/mol. The largest absolute Gasteiger partial charge is 0.497 e. The van der Waals surface area contributed by atoms with Gasteiger partial charge in [0.1, 0.15) is 11.5 Å². The molecule has 0 radical (unpaired) electrons. The molecule has 0 aliphatic rings. The average Bonchev–Trinajstić information content (AvgIpc) is 2.54. The fourth-order valence-corrected chi connectivity index (χ4v) is 2.40. The highest BCUT2D eigenvalue weighted by Gasteiger charge is 2.10. The summed E-state index contributed by atoms with van der Waals surface area (Å²) >= 11 is 5.58. The van der Waals surface area contributed by atoms with Gasteiger partial charge in [0.25, 0.3) is 0 Å². The van der Waals surface area contributed by atoms with Gasteiger partial charge in [-0.1, -0.05) is 26.7 Å². The van der Waals surface area contributed by atoms with Crippen LogP contribution in [0.25, 0.3) is 0 Å². The van der Waals surface area contributed by atoms with Crippen molar-refractivity contribution >= 4 is 23.0 Å². The number of unbranched alkanes of at least 4 members (excludes halogenated alkanes) is 2. The van der Waals surface area contributed by atoms with Gasteiger partial charge in [0.05, 0.1) is 14.2 Å². The fourth-order valence-electron chi connectivity index (χ4n) is 2.09. The molecule has 1 N–H and O–H groups in total. The van der Waals surface area contributed by atoms with Crippen LogP contribution in [0.4, 0.5) is 5.69 Å². The number of rotatable bonds is 9. The van der Waals surface area contributed by atoms with Crippen molar-refractivity contribution in [3.63, 3.8) is 0 Å². The molecular weight excluding hydrogens is 296 g/mol. The number of benzene rings is 1. The van der Waals surface area contributed by atoms with Gasteiger partial charge in [0.2, 0.25) is 0 Å². The lowest BCUT2D eigenvalue weighted by molar-refractivity contribution is 0.394. The summed E-state index contributed by atoms with van der Waals surface area (Å²) in [5.74, 6) is 1.50. The van der Waals surface area contributed by atoms with E-state index in [4.69, 9.17) is 21.7 Å². The Morgan fingerprint density at radius 3 is 1.91 bits per heavy atom. The van der Waals surface area contributed by atoms with Gasteiger partial charge in [-0.3, -0.25) is 0 Å². The second-order valence-corrected chi connectivity index (χ2v) is 5.61. The zero-order chi connectivity index (χ0) is 16.4. The highest BCUT2D eigenvalue weighted by Crippen LogP contribution is 2.26. The SMILES string of the molecule is CCCCN(CCCC)C(=S)Nc1cc(OC)cc(OC)c1. The van der Waals surface area contributed by atoms with Gasteiger partial charge in [-0.05, 0) is 25.1 Å². The Morgan fingerprint density at radius 2 is 1.50 bits per heavy atom. The number of nitrogens with one attached hydrogen (secondary N) is 1. The third-order valence-electron chi connectivity index (χ3n) is 3.45. The van der Waals surface area contributed by atoms with E-state index in [0.717, 1.165) is 61.1 Å². The zero-order valence-electron chi connectivity index (χ0n) is 14.1. The molecule has 5 heteroatoms. The van der Waals surface area contributed by atoms with Crippen molar-refractivity contribution < 1.29 is 9.47 Å². The summed E-state index contributed by atoms with van der Waals surface area (Å²) in [5.41, 5.74) is 0.888. The maximum atomic E-state index is 5.58. The number of anilines is 1. The van der Waals surface area contributed by atoms with Gasteiger partial charge < -0.3 is 19.7 Å². The first-order valence-corrected chi connectivity index (χ1v) is 8.34. The lowest BCUT2D eigenvalue weighted by Crippen LogP contribution is -2.36. The second kappa shape index (κ2) is 10.3. The molecule has 124 valence electrons. The lowest BCUT2D eigenvalue weighted by atomic mass is 10.2. The van der Waals surface area contributed by atoms with Crippen LogP contribution in [0.5, 0.6) is 11.5 Å². The summed E-state index contributed by atoms with van der Waals surface area (Å²) < 4.78 is 10.6. The van der Waals surface area contributed by atoms with Crippen LogP contribution in [0.15, 0.2) is 18.2 Å². The highest BCUT2D eigenvalue weighted by molar-refractivity contribution is 7.80. The molecule has 0 saturated heterocycles. The van der Waals surface area contributed by atoms with E-state index < -0.39 is 0 Å². The first-order chi connectivity index (χ1) is 10.6. The molecule has 22 heavy (non-hydrogen) atoms. The van der Waals surface area contributed by atoms with Gasteiger partial charge in [-0.25, -0.2) is 0 Å². The van der Waals surface area contributed by atoms with E-state index in [9.17, 15) is 0 Å². The molecule has 0 unspecified atom stereocenters. The van der Waals surface area contributed by atoms with Crippen LogP contribution < -0.4 is 14.8 Å². The van der Waals surface area contributed by atoms with Gasteiger partial charge in [-0.2, -0.15) is 0 Å². The predicted octanol–water partition coefficient (Wildman–Crippen LogP) is 4.30. The molecule has 1 aromatic rings. The molecule has 0 atom stereocenters. The Balaban J connectivity index is 2.78. The number of ether oxygens (including phenoxy) is 2. The van der Waals surface area contributed by atoms with Crippen LogP contribution in [0.2, 0.25) is 0 Å². The van der Waals surface area contributed by atoms with Gasteiger partial charge in [0.15, 0.2) is 5.11 Å². The number of hydrogen-bond donors (Lipinski definition) is 1. The minimum Gasteiger partial charge on any atom is -0.497 e. The molecule has 0 aromatic heterocycles. The van der Waals surface area contributed by atoms with Gasteiger partial charge >= 0.3 is 0 Å². The zero-order valence-corrected chi connectivity index (χ0v) is 15.0. The number of thiocarbonyl (C=S) groups is 1. The average molecular weight is 324 g/mol. The maximum absolute atomic E-state index is 5.58.